The van der Waals surface area contributed by atoms with E-state index in [9.17, 15) is 18.8 Å². The van der Waals surface area contributed by atoms with Gasteiger partial charge in [0.25, 0.3) is 5.91 Å². The Bertz CT molecular complexity index is 901. The molecule has 0 saturated carbocycles. The fraction of sp³-hybridized carbons (Fsp3) is 0.318. The van der Waals surface area contributed by atoms with E-state index in [0.717, 1.165) is 0 Å². The van der Waals surface area contributed by atoms with Crippen LogP contribution in [0.25, 0.3) is 0 Å². The van der Waals surface area contributed by atoms with Crippen LogP contribution >= 0.6 is 0 Å². The number of para-hydroxylation sites is 1. The lowest BCUT2D eigenvalue weighted by molar-refractivity contribution is -0.134. The molecule has 7 nitrogen and oxygen atoms in total. The smallest absolute Gasteiger partial charge is 0.340 e. The van der Waals surface area contributed by atoms with E-state index in [1.807, 2.05) is 13.8 Å². The quantitative estimate of drug-likeness (QED) is 0.646. The van der Waals surface area contributed by atoms with E-state index < -0.39 is 24.5 Å². The molecule has 0 radical (unpaired) electrons. The fourth-order valence-electron chi connectivity index (χ4n) is 2.72. The van der Waals surface area contributed by atoms with Crippen LogP contribution in [0.15, 0.2) is 48.5 Å². The largest absolute Gasteiger partial charge is 0.452 e. The lowest BCUT2D eigenvalue weighted by atomic mass is 10.2. The number of hydrogen-bond acceptors (Lipinski definition) is 4. The molecule has 0 bridgehead atoms. The molecule has 2 aromatic rings. The first-order chi connectivity index (χ1) is 14.3. The second-order valence-corrected chi connectivity index (χ2v) is 6.91. The van der Waals surface area contributed by atoms with E-state index in [-0.39, 0.29) is 29.7 Å². The maximum atomic E-state index is 13.4. The molecular weight excluding hydrogens is 389 g/mol. The number of carbonyl (C=O) groups is 3. The normalized spacial score (nSPS) is 10.4. The van der Waals surface area contributed by atoms with Gasteiger partial charge in [-0.2, -0.15) is 0 Å². The number of likely N-dealkylation sites (N-methyl/N-ethyl adjacent to an activating group) is 1. The fourth-order valence-corrected chi connectivity index (χ4v) is 2.72. The summed E-state index contributed by atoms with van der Waals surface area (Å²) in [5.41, 5.74) is 1.06. The molecule has 160 valence electrons. The molecule has 0 heterocycles. The number of nitrogens with zero attached hydrogens (tertiary/aromatic N) is 1. The van der Waals surface area contributed by atoms with Crippen LogP contribution < -0.4 is 10.6 Å². The number of rotatable bonds is 8. The summed E-state index contributed by atoms with van der Waals surface area (Å²) in [5, 5.41) is 5.27. The minimum Gasteiger partial charge on any atom is -0.452 e. The molecule has 0 fully saturated rings. The summed E-state index contributed by atoms with van der Waals surface area (Å²) in [4.78, 5) is 38.3. The van der Waals surface area contributed by atoms with E-state index in [4.69, 9.17) is 4.74 Å². The number of carbonyl (C=O) groups excluding carboxylic acids is 3. The number of ether oxygens (including phenoxy) is 1. The van der Waals surface area contributed by atoms with Gasteiger partial charge >= 0.3 is 12.0 Å². The lowest BCUT2D eigenvalue weighted by Crippen LogP contribution is -2.35. The lowest BCUT2D eigenvalue weighted by Gasteiger charge is -2.21. The molecule has 0 spiro atoms. The minimum atomic E-state index is -0.731. The van der Waals surface area contributed by atoms with Crippen molar-refractivity contribution in [1.29, 1.82) is 0 Å². The van der Waals surface area contributed by atoms with Gasteiger partial charge in [0, 0.05) is 19.1 Å². The van der Waals surface area contributed by atoms with E-state index in [2.05, 4.69) is 10.6 Å². The monoisotopic (exact) mass is 415 g/mol. The Balaban J connectivity index is 1.99. The maximum absolute atomic E-state index is 13.4. The number of hydrogen-bond donors (Lipinski definition) is 2. The number of esters is 1. The number of amides is 3. The van der Waals surface area contributed by atoms with Gasteiger partial charge in [-0.3, -0.25) is 4.79 Å². The van der Waals surface area contributed by atoms with Crippen LogP contribution in [0.1, 0.15) is 36.7 Å². The number of urea groups is 1. The summed E-state index contributed by atoms with van der Waals surface area (Å²) in [6, 6.07) is 11.8. The van der Waals surface area contributed by atoms with Crippen molar-refractivity contribution in [3.05, 3.63) is 65.5 Å². The molecule has 2 N–H and O–H groups in total. The van der Waals surface area contributed by atoms with Gasteiger partial charge in [-0.25, -0.2) is 14.0 Å². The Morgan fingerprint density at radius 1 is 1.10 bits per heavy atom. The highest BCUT2D eigenvalue weighted by Crippen LogP contribution is 2.16. The summed E-state index contributed by atoms with van der Waals surface area (Å²) in [5.74, 6) is -1.52. The first kappa shape index (κ1) is 22.9. The van der Waals surface area contributed by atoms with Crippen molar-refractivity contribution < 1.29 is 23.5 Å². The highest BCUT2D eigenvalue weighted by atomic mass is 19.1. The second-order valence-electron chi connectivity index (χ2n) is 6.91. The molecule has 0 saturated heterocycles. The number of halogens is 1. The first-order valence-electron chi connectivity index (χ1n) is 9.66. The molecule has 3 amide bonds. The number of benzene rings is 2. The number of anilines is 1. The van der Waals surface area contributed by atoms with Crippen LogP contribution in [-0.2, 0) is 16.1 Å². The summed E-state index contributed by atoms with van der Waals surface area (Å²) < 4.78 is 18.5. The average Bonchev–Trinajstić information content (AvgIpc) is 2.69. The maximum Gasteiger partial charge on any atom is 0.340 e. The van der Waals surface area contributed by atoms with Crippen molar-refractivity contribution in [3.8, 4) is 0 Å². The molecule has 2 rings (SSSR count). The molecule has 0 unspecified atom stereocenters. The topological polar surface area (TPSA) is 87.7 Å². The Morgan fingerprint density at radius 3 is 2.50 bits per heavy atom. The Morgan fingerprint density at radius 2 is 1.83 bits per heavy atom. The van der Waals surface area contributed by atoms with Crippen molar-refractivity contribution in [2.45, 2.75) is 33.4 Å². The Kier molecular flexibility index (Phi) is 8.34. The van der Waals surface area contributed by atoms with Crippen molar-refractivity contribution in [2.24, 2.45) is 0 Å². The molecule has 0 aliphatic carbocycles. The summed E-state index contributed by atoms with van der Waals surface area (Å²) in [6.07, 6.45) is 0. The summed E-state index contributed by atoms with van der Waals surface area (Å²) >= 11 is 0. The van der Waals surface area contributed by atoms with Crippen LogP contribution in [0.2, 0.25) is 0 Å². The van der Waals surface area contributed by atoms with Gasteiger partial charge in [0.15, 0.2) is 6.61 Å². The van der Waals surface area contributed by atoms with Crippen molar-refractivity contribution in [1.82, 2.24) is 10.2 Å². The second kappa shape index (κ2) is 10.9. The summed E-state index contributed by atoms with van der Waals surface area (Å²) in [6.45, 7) is 5.53. The zero-order valence-corrected chi connectivity index (χ0v) is 17.3. The minimum absolute atomic E-state index is 0.0696. The van der Waals surface area contributed by atoms with Crippen molar-refractivity contribution in [3.63, 3.8) is 0 Å². The zero-order chi connectivity index (χ0) is 22.1. The van der Waals surface area contributed by atoms with Gasteiger partial charge in [0.2, 0.25) is 0 Å². The van der Waals surface area contributed by atoms with Crippen molar-refractivity contribution >= 4 is 23.6 Å². The molecule has 0 aliphatic rings. The van der Waals surface area contributed by atoms with Gasteiger partial charge in [-0.15, -0.1) is 0 Å². The number of nitrogens with one attached hydrogen (secondary N) is 2. The van der Waals surface area contributed by atoms with Gasteiger partial charge in [0.05, 0.1) is 11.3 Å². The molecule has 0 aromatic heterocycles. The summed E-state index contributed by atoms with van der Waals surface area (Å²) in [7, 11) is 0. The van der Waals surface area contributed by atoms with Crippen LogP contribution in [0, 0.1) is 5.82 Å². The van der Waals surface area contributed by atoms with Gasteiger partial charge in [-0.1, -0.05) is 24.3 Å². The van der Waals surface area contributed by atoms with E-state index in [1.54, 1.807) is 37.3 Å². The highest BCUT2D eigenvalue weighted by molar-refractivity contribution is 6.01. The van der Waals surface area contributed by atoms with Crippen LogP contribution in [0.3, 0.4) is 0 Å². The van der Waals surface area contributed by atoms with Crippen LogP contribution in [0.4, 0.5) is 14.9 Å². The molecule has 0 atom stereocenters. The first-order valence-corrected chi connectivity index (χ1v) is 9.66. The molecule has 8 heteroatoms. The predicted octanol–water partition coefficient (Wildman–Crippen LogP) is 3.56. The van der Waals surface area contributed by atoms with Crippen molar-refractivity contribution in [2.75, 3.05) is 18.5 Å². The zero-order valence-electron chi connectivity index (χ0n) is 17.3. The third kappa shape index (κ3) is 6.88. The van der Waals surface area contributed by atoms with Gasteiger partial charge < -0.3 is 20.3 Å². The van der Waals surface area contributed by atoms with E-state index >= 15 is 0 Å². The van der Waals surface area contributed by atoms with Crippen LogP contribution in [0.5, 0.6) is 0 Å². The average molecular weight is 415 g/mol. The van der Waals surface area contributed by atoms with Gasteiger partial charge in [-0.05, 0) is 50.6 Å². The predicted molar refractivity (Wildman–Crippen MR) is 112 cm³/mol. The van der Waals surface area contributed by atoms with Gasteiger partial charge in [0.1, 0.15) is 5.82 Å². The Labute approximate surface area is 175 Å². The van der Waals surface area contributed by atoms with Crippen LogP contribution in [-0.4, -0.2) is 42.0 Å². The molecule has 2 aromatic carbocycles. The van der Waals surface area contributed by atoms with E-state index in [0.29, 0.717) is 12.1 Å². The van der Waals surface area contributed by atoms with E-state index in [1.165, 1.54) is 23.1 Å². The molecule has 0 aliphatic heterocycles. The SMILES string of the molecule is CCN(Cc1cccc(F)c1)C(=O)COC(=O)c1ccccc1NC(=O)NC(C)C. The molecule has 30 heavy (non-hydrogen) atoms. The highest BCUT2D eigenvalue weighted by Gasteiger charge is 2.18. The Hall–Kier alpha value is -3.42. The third-order valence-corrected chi connectivity index (χ3v) is 4.14. The standard InChI is InChI=1S/C22H26FN3O4/c1-4-26(13-16-8-7-9-17(23)12-16)20(27)14-30-21(28)18-10-5-6-11-19(18)25-22(29)24-15(2)3/h5-12,15H,4,13-14H2,1-3H3,(H2,24,25,29). The molecular formula is C22H26FN3O4. The third-order valence-electron chi connectivity index (χ3n) is 4.14.